The van der Waals surface area contributed by atoms with Crippen LogP contribution in [0.25, 0.3) is 0 Å². The van der Waals surface area contributed by atoms with Crippen molar-refractivity contribution in [3.05, 3.63) is 0 Å². The van der Waals surface area contributed by atoms with Crippen LogP contribution >= 0.6 is 23.4 Å². The van der Waals surface area contributed by atoms with E-state index in [0.29, 0.717) is 0 Å². The molecule has 0 aliphatic rings. The van der Waals surface area contributed by atoms with Crippen molar-refractivity contribution in [3.63, 3.8) is 0 Å². The smallest absolute Gasteiger partial charge is 0.166 e. The molecule has 0 aliphatic carbocycles. The molecule has 0 spiro atoms. The highest BCUT2D eigenvalue weighted by Crippen LogP contribution is 2.91. The summed E-state index contributed by atoms with van der Waals surface area (Å²) in [6.07, 6.45) is 0. The second kappa shape index (κ2) is 5.66. The molecule has 0 N–H and O–H groups in total. The molecule has 0 aromatic carbocycles. The van der Waals surface area contributed by atoms with Gasteiger partial charge < -0.3 is 0 Å². The molecule has 16 heteroatoms. The fraction of sp³-hybridized carbons (Fsp3) is 1.00. The molecule has 0 fully saturated rings. The first-order valence-electron chi connectivity index (χ1n) is 3.71. The Labute approximate surface area is 112 Å². The summed E-state index contributed by atoms with van der Waals surface area (Å²) in [4.78, 5) is 0. The van der Waals surface area contributed by atoms with Crippen molar-refractivity contribution < 1.29 is 52.7 Å². The minimum absolute atomic E-state index is 2.29. The lowest BCUT2D eigenvalue weighted by molar-refractivity contribution is -0.0802. The zero-order chi connectivity index (χ0) is 16.8. The maximum atomic E-state index is 12.2. The topological polar surface area (TPSA) is 0 Å². The minimum atomic E-state index is -7.00. The first kappa shape index (κ1) is 20.6. The number of hydrogen-bond acceptors (Lipinski definition) is 2. The fourth-order valence-electron chi connectivity index (χ4n) is 0.588. The molecule has 0 nitrogen and oxygen atoms in total. The second-order valence-electron chi connectivity index (χ2n) is 2.80. The predicted molar refractivity (Wildman–Crippen MR) is 53.0 cm³/mol. The average molecular weight is 402 g/mol. The normalized spacial score (nSPS) is 15.8. The van der Waals surface area contributed by atoms with E-state index in [1.807, 2.05) is 0 Å². The van der Waals surface area contributed by atoms with Crippen molar-refractivity contribution in [1.82, 2.24) is 0 Å². The molecule has 0 saturated carbocycles. The van der Waals surface area contributed by atoms with Gasteiger partial charge in [-0.3, -0.25) is 0 Å². The largest absolute Gasteiger partial charge is 0.432 e. The zero-order valence-electron chi connectivity index (χ0n) is 8.25. The van der Waals surface area contributed by atoms with Gasteiger partial charge in [0.05, 0.1) is 0 Å². The molecular weight excluding hydrogens is 402 g/mol. The Balaban J connectivity index is 5.87. The highest BCUT2D eigenvalue weighted by atomic mass is 33.2. The molecule has 0 unspecified atom stereocenters. The molecule has 0 saturated heterocycles. The molecule has 0 rings (SSSR count). The molecule has 0 bridgehead atoms. The Morgan fingerprint density at radius 1 is 0.650 bits per heavy atom. The molecular formula is C4F12P2S2. The average Bonchev–Trinajstić information content (AvgIpc) is 2.05. The maximum Gasteiger partial charge on any atom is 0.432 e. The summed E-state index contributed by atoms with van der Waals surface area (Å²) in [7, 11) is -5.64. The summed E-state index contributed by atoms with van der Waals surface area (Å²) < 4.78 is 146. The summed E-state index contributed by atoms with van der Waals surface area (Å²) in [6, 6.07) is 0. The summed E-state index contributed by atoms with van der Waals surface area (Å²) in [6.45, 7) is 0. The summed E-state index contributed by atoms with van der Waals surface area (Å²) >= 11 is 0.841. The van der Waals surface area contributed by atoms with Crippen molar-refractivity contribution in [1.29, 1.82) is 0 Å². The van der Waals surface area contributed by atoms with Crippen molar-refractivity contribution >= 4 is 35.2 Å². The lowest BCUT2D eigenvalue weighted by Gasteiger charge is -2.31. The summed E-state index contributed by atoms with van der Waals surface area (Å²) in [5, 5.41) is -7.00. The number of rotatable bonds is 2. The van der Waals surface area contributed by atoms with E-state index in [9.17, 15) is 52.7 Å². The first-order chi connectivity index (χ1) is 8.34. The van der Waals surface area contributed by atoms with Crippen molar-refractivity contribution in [2.24, 2.45) is 0 Å². The van der Waals surface area contributed by atoms with Crippen LogP contribution in [0.15, 0.2) is 0 Å². The molecule has 0 aliphatic heterocycles. The van der Waals surface area contributed by atoms with E-state index in [4.69, 9.17) is 0 Å². The number of alkyl halides is 12. The van der Waals surface area contributed by atoms with E-state index in [0.717, 1.165) is 0 Å². The molecule has 0 atom stereocenters. The standard InChI is InChI=1S/C4F12P2S2/c5-1(6,7)17(2(8,9)10)20-18(19,3(11,12)13)4(14,15)16. The van der Waals surface area contributed by atoms with E-state index in [1.165, 1.54) is 0 Å². The molecule has 0 heterocycles. The van der Waals surface area contributed by atoms with Gasteiger partial charge in [-0.2, -0.15) is 52.7 Å². The predicted octanol–water partition coefficient (Wildman–Crippen LogP) is 6.59. The van der Waals surface area contributed by atoms with Crippen LogP contribution in [0, 0.1) is 0 Å². The molecule has 0 aromatic rings. The van der Waals surface area contributed by atoms with Crippen LogP contribution in [0.1, 0.15) is 0 Å². The number of hydrogen-bond donors (Lipinski definition) is 0. The Bertz CT molecular complexity index is 354. The molecule has 0 amide bonds. The first-order valence-corrected chi connectivity index (χ1v) is 9.88. The van der Waals surface area contributed by atoms with Crippen LogP contribution in [0.5, 0.6) is 0 Å². The van der Waals surface area contributed by atoms with Gasteiger partial charge in [0.15, 0.2) is 7.12 Å². The van der Waals surface area contributed by atoms with E-state index in [-0.39, 0.29) is 0 Å². The van der Waals surface area contributed by atoms with Gasteiger partial charge in [-0.15, -0.1) is 0 Å². The fourth-order valence-corrected chi connectivity index (χ4v) is 10.8. The van der Waals surface area contributed by atoms with Gasteiger partial charge in [0, 0.05) is 0 Å². The van der Waals surface area contributed by atoms with Crippen molar-refractivity contribution in [2.75, 3.05) is 0 Å². The van der Waals surface area contributed by atoms with Crippen LogP contribution < -0.4 is 0 Å². The van der Waals surface area contributed by atoms with Crippen LogP contribution in [0.3, 0.4) is 0 Å². The maximum absolute atomic E-state index is 12.2. The van der Waals surface area contributed by atoms with Gasteiger partial charge in [0.25, 0.3) is 0 Å². The summed E-state index contributed by atoms with van der Waals surface area (Å²) in [5.74, 6) is -25.4. The van der Waals surface area contributed by atoms with Gasteiger partial charge in [0.1, 0.15) is 0 Å². The molecule has 0 radical (unpaired) electrons. The highest BCUT2D eigenvalue weighted by Gasteiger charge is 2.70. The SMILES string of the molecule is FC(F)(F)P(SP(=S)(C(F)(F)F)C(F)(F)F)C(F)(F)F. The second-order valence-corrected chi connectivity index (χ2v) is 13.7. The van der Waals surface area contributed by atoms with Crippen molar-refractivity contribution in [2.45, 2.75) is 23.7 Å². The van der Waals surface area contributed by atoms with Gasteiger partial charge in [0.2, 0.25) is 5.24 Å². The van der Waals surface area contributed by atoms with Crippen LogP contribution in [-0.4, -0.2) is 23.7 Å². The third-order valence-corrected chi connectivity index (χ3v) is 14.2. The van der Waals surface area contributed by atoms with Gasteiger partial charge in [-0.1, -0.05) is 22.8 Å². The monoisotopic (exact) mass is 402 g/mol. The van der Waals surface area contributed by atoms with Crippen LogP contribution in [0.2, 0.25) is 0 Å². The van der Waals surface area contributed by atoms with Crippen molar-refractivity contribution in [3.8, 4) is 0 Å². The third-order valence-electron chi connectivity index (χ3n) is 1.32. The van der Waals surface area contributed by atoms with Gasteiger partial charge in [-0.05, 0) is 0 Å². The van der Waals surface area contributed by atoms with Gasteiger partial charge in [-0.25, -0.2) is 0 Å². The quantitative estimate of drug-likeness (QED) is 0.378. The third kappa shape index (κ3) is 4.54. The van der Waals surface area contributed by atoms with E-state index in [1.54, 1.807) is 0 Å². The van der Waals surface area contributed by atoms with Crippen LogP contribution in [0.4, 0.5) is 52.7 Å². The Morgan fingerprint density at radius 2 is 0.900 bits per heavy atom. The summed E-state index contributed by atoms with van der Waals surface area (Å²) in [5.41, 5.74) is 0. The van der Waals surface area contributed by atoms with E-state index >= 15 is 0 Å². The Hall–Kier alpha value is 0.590. The molecule has 20 heavy (non-hydrogen) atoms. The van der Waals surface area contributed by atoms with E-state index in [2.05, 4.69) is 11.8 Å². The Morgan fingerprint density at radius 3 is 1.05 bits per heavy atom. The molecule has 122 valence electrons. The number of halogens is 12. The highest BCUT2D eigenvalue weighted by molar-refractivity contribution is 8.93. The van der Waals surface area contributed by atoms with E-state index < -0.39 is 47.0 Å². The minimum Gasteiger partial charge on any atom is -0.166 e. The lowest BCUT2D eigenvalue weighted by Crippen LogP contribution is -2.22. The van der Waals surface area contributed by atoms with Crippen LogP contribution in [-0.2, 0) is 11.8 Å². The lowest BCUT2D eigenvalue weighted by atomic mass is 11.5. The molecule has 0 aromatic heterocycles. The van der Waals surface area contributed by atoms with Gasteiger partial charge >= 0.3 is 23.7 Å². The Kier molecular flexibility index (Phi) is 5.83. The zero-order valence-corrected chi connectivity index (χ0v) is 11.7.